The summed E-state index contributed by atoms with van der Waals surface area (Å²) in [7, 11) is 0. The number of amides is 1. The van der Waals surface area contributed by atoms with Gasteiger partial charge in [0.05, 0.1) is 0 Å². The Kier molecular flexibility index (Phi) is 7.73. The maximum absolute atomic E-state index is 12.5. The average Bonchev–Trinajstić information content (AvgIpc) is 3.24. The molecule has 0 saturated carbocycles. The Morgan fingerprint density at radius 2 is 1.87 bits per heavy atom. The van der Waals surface area contributed by atoms with Crippen LogP contribution >= 0.6 is 11.3 Å². The lowest BCUT2D eigenvalue weighted by Crippen LogP contribution is -2.13. The molecule has 0 fully saturated rings. The second kappa shape index (κ2) is 10.9. The van der Waals surface area contributed by atoms with Gasteiger partial charge in [-0.3, -0.25) is 10.1 Å². The van der Waals surface area contributed by atoms with Crippen LogP contribution in [0.3, 0.4) is 0 Å². The van der Waals surface area contributed by atoms with E-state index in [-0.39, 0.29) is 5.57 Å². The molecule has 8 heteroatoms. The van der Waals surface area contributed by atoms with Gasteiger partial charge in [0.2, 0.25) is 5.13 Å². The maximum Gasteiger partial charge on any atom is 0.268 e. The van der Waals surface area contributed by atoms with Gasteiger partial charge in [-0.05, 0) is 37.6 Å². The van der Waals surface area contributed by atoms with Gasteiger partial charge in [-0.1, -0.05) is 54.2 Å². The third-order valence-electron chi connectivity index (χ3n) is 4.20. The van der Waals surface area contributed by atoms with E-state index in [4.69, 9.17) is 9.47 Å². The van der Waals surface area contributed by atoms with Gasteiger partial charge in [-0.15, -0.1) is 10.2 Å². The summed E-state index contributed by atoms with van der Waals surface area (Å²) in [4.78, 5) is 12.5. The van der Waals surface area contributed by atoms with Crippen LogP contribution in [0.5, 0.6) is 11.5 Å². The normalized spacial score (nSPS) is 10.9. The summed E-state index contributed by atoms with van der Waals surface area (Å²) in [5, 5.41) is 21.1. The van der Waals surface area contributed by atoms with E-state index in [2.05, 4.69) is 15.5 Å². The quantitative estimate of drug-likeness (QED) is 0.304. The van der Waals surface area contributed by atoms with Crippen molar-refractivity contribution >= 4 is 28.5 Å². The minimum atomic E-state index is -0.543. The topological polar surface area (TPSA) is 97.1 Å². The van der Waals surface area contributed by atoms with Crippen molar-refractivity contribution in [3.05, 3.63) is 70.2 Å². The molecule has 1 N–H and O–H groups in total. The molecule has 0 radical (unpaired) electrons. The van der Waals surface area contributed by atoms with Crippen molar-refractivity contribution in [3.63, 3.8) is 0 Å². The highest BCUT2D eigenvalue weighted by Gasteiger charge is 2.13. The number of hydrogen-bond donors (Lipinski definition) is 1. The number of aryl methyl sites for hydroxylation is 2. The fourth-order valence-electron chi connectivity index (χ4n) is 2.59. The lowest BCUT2D eigenvalue weighted by molar-refractivity contribution is -0.112. The fourth-order valence-corrected chi connectivity index (χ4v) is 3.27. The van der Waals surface area contributed by atoms with Crippen molar-refractivity contribution in [1.29, 1.82) is 5.26 Å². The molecular formula is C23H22N4O3S. The number of anilines is 1. The predicted octanol–water partition coefficient (Wildman–Crippen LogP) is 4.41. The van der Waals surface area contributed by atoms with Crippen LogP contribution in [-0.4, -0.2) is 29.3 Å². The molecule has 0 atom stereocenters. The Bertz CT molecular complexity index is 1100. The molecule has 3 rings (SSSR count). The van der Waals surface area contributed by atoms with Gasteiger partial charge in [-0.25, -0.2) is 0 Å². The highest BCUT2D eigenvalue weighted by molar-refractivity contribution is 7.15. The van der Waals surface area contributed by atoms with Gasteiger partial charge >= 0.3 is 0 Å². The smallest absolute Gasteiger partial charge is 0.268 e. The molecule has 0 spiro atoms. The van der Waals surface area contributed by atoms with E-state index in [1.807, 2.05) is 56.3 Å². The number of carbonyl (C=O) groups is 1. The number of nitrogens with one attached hydrogen (secondary N) is 1. The van der Waals surface area contributed by atoms with E-state index in [9.17, 15) is 10.1 Å². The first-order valence-electron chi connectivity index (χ1n) is 9.76. The number of para-hydroxylation sites is 1. The minimum absolute atomic E-state index is 0.0554. The number of nitrogens with zero attached hydrogens (tertiary/aromatic N) is 3. The molecule has 3 aromatic rings. The zero-order chi connectivity index (χ0) is 22.1. The van der Waals surface area contributed by atoms with E-state index >= 15 is 0 Å². The second-order valence-corrected chi connectivity index (χ2v) is 7.59. The lowest BCUT2D eigenvalue weighted by Gasteiger charge is -2.11. The van der Waals surface area contributed by atoms with Crippen LogP contribution in [0.4, 0.5) is 5.13 Å². The first-order chi connectivity index (χ1) is 15.1. The SMILES string of the molecule is CCc1nnc(NC(=O)/C(C#N)=C\c2ccccc2OCCOc2ccc(C)cc2)s1. The molecule has 158 valence electrons. The summed E-state index contributed by atoms with van der Waals surface area (Å²) in [6.45, 7) is 4.65. The fraction of sp³-hybridized carbons (Fsp3) is 0.217. The van der Waals surface area contributed by atoms with Crippen molar-refractivity contribution in [2.45, 2.75) is 20.3 Å². The molecule has 1 amide bonds. The van der Waals surface area contributed by atoms with E-state index in [0.717, 1.165) is 17.2 Å². The predicted molar refractivity (Wildman–Crippen MR) is 120 cm³/mol. The number of rotatable bonds is 9. The monoisotopic (exact) mass is 434 g/mol. The molecule has 0 unspecified atom stereocenters. The molecular weight excluding hydrogens is 412 g/mol. The average molecular weight is 435 g/mol. The van der Waals surface area contributed by atoms with Gasteiger partial charge < -0.3 is 9.47 Å². The van der Waals surface area contributed by atoms with Gasteiger partial charge in [0.25, 0.3) is 5.91 Å². The van der Waals surface area contributed by atoms with E-state index in [0.29, 0.717) is 29.7 Å². The first-order valence-corrected chi connectivity index (χ1v) is 10.6. The van der Waals surface area contributed by atoms with Crippen LogP contribution in [0.1, 0.15) is 23.1 Å². The molecule has 0 bridgehead atoms. The molecule has 31 heavy (non-hydrogen) atoms. The molecule has 1 aromatic heterocycles. The van der Waals surface area contributed by atoms with Crippen molar-refractivity contribution in [2.75, 3.05) is 18.5 Å². The van der Waals surface area contributed by atoms with Gasteiger partial charge in [0, 0.05) is 5.56 Å². The zero-order valence-corrected chi connectivity index (χ0v) is 18.1. The third-order valence-corrected chi connectivity index (χ3v) is 5.19. The highest BCUT2D eigenvalue weighted by atomic mass is 32.1. The summed E-state index contributed by atoms with van der Waals surface area (Å²) in [5.74, 6) is 0.785. The number of nitriles is 1. The van der Waals surface area contributed by atoms with Crippen LogP contribution < -0.4 is 14.8 Å². The molecule has 2 aromatic carbocycles. The first kappa shape index (κ1) is 22.0. The Labute approximate surface area is 185 Å². The van der Waals surface area contributed by atoms with E-state index in [1.54, 1.807) is 12.1 Å². The van der Waals surface area contributed by atoms with Crippen LogP contribution in [0.25, 0.3) is 6.08 Å². The van der Waals surface area contributed by atoms with Gasteiger partial charge in [0.15, 0.2) is 0 Å². The Hall–Kier alpha value is -3.70. The zero-order valence-electron chi connectivity index (χ0n) is 17.3. The summed E-state index contributed by atoms with van der Waals surface area (Å²) in [5.41, 5.74) is 1.73. The summed E-state index contributed by atoms with van der Waals surface area (Å²) in [6.07, 6.45) is 2.22. The minimum Gasteiger partial charge on any atom is -0.490 e. The largest absolute Gasteiger partial charge is 0.490 e. The third kappa shape index (κ3) is 6.39. The Morgan fingerprint density at radius 1 is 1.13 bits per heavy atom. The second-order valence-electron chi connectivity index (χ2n) is 6.53. The Morgan fingerprint density at radius 3 is 2.58 bits per heavy atom. The summed E-state index contributed by atoms with van der Waals surface area (Å²) < 4.78 is 11.5. The standard InChI is InChI=1S/C23H22N4O3S/c1-3-21-26-27-23(31-21)25-22(28)18(15-24)14-17-6-4-5-7-20(17)30-13-12-29-19-10-8-16(2)9-11-19/h4-11,14H,3,12-13H2,1-2H3,(H,25,27,28)/b18-14-. The lowest BCUT2D eigenvalue weighted by atomic mass is 10.1. The number of carbonyl (C=O) groups excluding carboxylic acids is 1. The van der Waals surface area contributed by atoms with Crippen LogP contribution in [-0.2, 0) is 11.2 Å². The van der Waals surface area contributed by atoms with Crippen LogP contribution in [0.2, 0.25) is 0 Å². The van der Waals surface area contributed by atoms with Gasteiger partial charge in [-0.2, -0.15) is 5.26 Å². The number of hydrogen-bond acceptors (Lipinski definition) is 7. The number of ether oxygens (including phenoxy) is 2. The molecule has 1 heterocycles. The van der Waals surface area contributed by atoms with Crippen molar-refractivity contribution in [3.8, 4) is 17.6 Å². The van der Waals surface area contributed by atoms with Crippen molar-refractivity contribution < 1.29 is 14.3 Å². The summed E-state index contributed by atoms with van der Waals surface area (Å²) in [6, 6.07) is 16.9. The number of benzene rings is 2. The van der Waals surface area contributed by atoms with E-state index in [1.165, 1.54) is 23.0 Å². The highest BCUT2D eigenvalue weighted by Crippen LogP contribution is 2.22. The molecule has 0 aliphatic rings. The molecule has 0 saturated heterocycles. The van der Waals surface area contributed by atoms with Crippen molar-refractivity contribution in [2.24, 2.45) is 0 Å². The number of aromatic nitrogens is 2. The van der Waals surface area contributed by atoms with E-state index < -0.39 is 5.91 Å². The van der Waals surface area contributed by atoms with Gasteiger partial charge in [0.1, 0.15) is 41.4 Å². The summed E-state index contributed by atoms with van der Waals surface area (Å²) >= 11 is 1.28. The maximum atomic E-state index is 12.5. The molecule has 0 aliphatic carbocycles. The van der Waals surface area contributed by atoms with Crippen LogP contribution in [0, 0.1) is 18.3 Å². The van der Waals surface area contributed by atoms with Crippen molar-refractivity contribution in [1.82, 2.24) is 10.2 Å². The molecule has 7 nitrogen and oxygen atoms in total. The molecule has 0 aliphatic heterocycles. The Balaban J connectivity index is 1.63. The van der Waals surface area contributed by atoms with Crippen LogP contribution in [0.15, 0.2) is 54.1 Å².